The summed E-state index contributed by atoms with van der Waals surface area (Å²) in [5.41, 5.74) is 0.333. The first-order chi connectivity index (χ1) is 8.58. The van der Waals surface area contributed by atoms with E-state index in [9.17, 15) is 14.3 Å². The van der Waals surface area contributed by atoms with E-state index in [1.54, 1.807) is 0 Å². The zero-order valence-corrected chi connectivity index (χ0v) is 10.6. The molecule has 1 atom stereocenters. The zero-order chi connectivity index (χ0) is 13.5. The highest BCUT2D eigenvalue weighted by atomic mass is 19.1. The highest BCUT2D eigenvalue weighted by Gasteiger charge is 2.10. The minimum atomic E-state index is -0.504. The second kappa shape index (κ2) is 6.96. The van der Waals surface area contributed by atoms with Crippen LogP contribution in [0.1, 0.15) is 30.1 Å². The van der Waals surface area contributed by atoms with E-state index in [0.29, 0.717) is 24.9 Å². The predicted molar refractivity (Wildman–Crippen MR) is 66.2 cm³/mol. The number of carbonyl (C=O) groups is 1. The van der Waals surface area contributed by atoms with Crippen LogP contribution in [0.25, 0.3) is 0 Å². The van der Waals surface area contributed by atoms with Crippen LogP contribution in [-0.4, -0.2) is 30.8 Å². The SMILES string of the molecule is CCC(O)CCNC(=O)c1ccc(F)c(OC)c1. The van der Waals surface area contributed by atoms with Crippen molar-refractivity contribution in [1.82, 2.24) is 5.32 Å². The first kappa shape index (κ1) is 14.4. The van der Waals surface area contributed by atoms with E-state index in [-0.39, 0.29) is 11.7 Å². The fourth-order valence-corrected chi connectivity index (χ4v) is 1.46. The molecular weight excluding hydrogens is 237 g/mol. The van der Waals surface area contributed by atoms with Crippen LogP contribution >= 0.6 is 0 Å². The number of hydrogen-bond acceptors (Lipinski definition) is 3. The van der Waals surface area contributed by atoms with Gasteiger partial charge in [0.05, 0.1) is 13.2 Å². The Morgan fingerprint density at radius 1 is 1.56 bits per heavy atom. The van der Waals surface area contributed by atoms with Gasteiger partial charge >= 0.3 is 0 Å². The Kier molecular flexibility index (Phi) is 5.58. The van der Waals surface area contributed by atoms with Crippen molar-refractivity contribution in [3.8, 4) is 5.75 Å². The van der Waals surface area contributed by atoms with Crippen molar-refractivity contribution in [2.45, 2.75) is 25.9 Å². The lowest BCUT2D eigenvalue weighted by molar-refractivity contribution is 0.0941. The number of amides is 1. The summed E-state index contributed by atoms with van der Waals surface area (Å²) >= 11 is 0. The van der Waals surface area contributed by atoms with Gasteiger partial charge in [-0.2, -0.15) is 0 Å². The molecule has 0 spiro atoms. The lowest BCUT2D eigenvalue weighted by Gasteiger charge is -2.09. The molecule has 0 aliphatic heterocycles. The lowest BCUT2D eigenvalue weighted by atomic mass is 10.1. The van der Waals surface area contributed by atoms with E-state index < -0.39 is 11.9 Å². The molecule has 5 heteroatoms. The summed E-state index contributed by atoms with van der Waals surface area (Å²) in [7, 11) is 1.34. The van der Waals surface area contributed by atoms with Gasteiger partial charge in [0.15, 0.2) is 11.6 Å². The molecule has 0 saturated carbocycles. The van der Waals surface area contributed by atoms with Crippen LogP contribution in [0.5, 0.6) is 5.75 Å². The van der Waals surface area contributed by atoms with E-state index >= 15 is 0 Å². The molecule has 1 amide bonds. The summed E-state index contributed by atoms with van der Waals surface area (Å²) < 4.78 is 17.9. The molecule has 100 valence electrons. The molecule has 0 aromatic heterocycles. The van der Waals surface area contributed by atoms with Gasteiger partial charge in [0.1, 0.15) is 0 Å². The number of hydrogen-bond donors (Lipinski definition) is 2. The van der Waals surface area contributed by atoms with Gasteiger partial charge in [-0.1, -0.05) is 6.92 Å². The smallest absolute Gasteiger partial charge is 0.251 e. The van der Waals surface area contributed by atoms with Crippen molar-refractivity contribution < 1.29 is 19.0 Å². The van der Waals surface area contributed by atoms with Crippen LogP contribution in [0.4, 0.5) is 4.39 Å². The van der Waals surface area contributed by atoms with E-state index in [1.165, 1.54) is 25.3 Å². The molecule has 0 radical (unpaired) electrons. The first-order valence-electron chi connectivity index (χ1n) is 5.88. The van der Waals surface area contributed by atoms with Crippen molar-refractivity contribution in [3.63, 3.8) is 0 Å². The maximum absolute atomic E-state index is 13.1. The van der Waals surface area contributed by atoms with Gasteiger partial charge < -0.3 is 15.2 Å². The second-order valence-electron chi connectivity index (χ2n) is 3.96. The maximum atomic E-state index is 13.1. The van der Waals surface area contributed by atoms with Crippen LogP contribution in [0, 0.1) is 5.82 Å². The number of aliphatic hydroxyl groups is 1. The van der Waals surface area contributed by atoms with Gasteiger partial charge in [-0.05, 0) is 31.0 Å². The van der Waals surface area contributed by atoms with Gasteiger partial charge in [0.2, 0.25) is 0 Å². The molecule has 0 heterocycles. The molecule has 1 aromatic rings. The van der Waals surface area contributed by atoms with Crippen molar-refractivity contribution >= 4 is 5.91 Å². The largest absolute Gasteiger partial charge is 0.494 e. The van der Waals surface area contributed by atoms with Crippen molar-refractivity contribution in [2.24, 2.45) is 0 Å². The van der Waals surface area contributed by atoms with Crippen LogP contribution in [0.15, 0.2) is 18.2 Å². The fourth-order valence-electron chi connectivity index (χ4n) is 1.46. The highest BCUT2D eigenvalue weighted by Crippen LogP contribution is 2.18. The Balaban J connectivity index is 2.56. The number of halogens is 1. The van der Waals surface area contributed by atoms with Gasteiger partial charge in [0, 0.05) is 12.1 Å². The van der Waals surface area contributed by atoms with Crippen molar-refractivity contribution in [2.75, 3.05) is 13.7 Å². The Hall–Kier alpha value is -1.62. The average molecular weight is 255 g/mol. The topological polar surface area (TPSA) is 58.6 Å². The Morgan fingerprint density at radius 3 is 2.89 bits per heavy atom. The van der Waals surface area contributed by atoms with E-state index in [1.807, 2.05) is 6.92 Å². The van der Waals surface area contributed by atoms with Gasteiger partial charge in [-0.25, -0.2) is 4.39 Å². The van der Waals surface area contributed by atoms with E-state index in [2.05, 4.69) is 5.32 Å². The molecule has 0 saturated heterocycles. The molecule has 18 heavy (non-hydrogen) atoms. The summed E-state index contributed by atoms with van der Waals surface area (Å²) in [4.78, 5) is 11.7. The molecular formula is C13H18FNO3. The number of rotatable bonds is 6. The minimum absolute atomic E-state index is 0.0382. The molecule has 1 aromatic carbocycles. The normalized spacial score (nSPS) is 12.0. The van der Waals surface area contributed by atoms with Crippen molar-refractivity contribution in [1.29, 1.82) is 0 Å². The van der Waals surface area contributed by atoms with Crippen LogP contribution in [0.3, 0.4) is 0 Å². The minimum Gasteiger partial charge on any atom is -0.494 e. The molecule has 0 bridgehead atoms. The van der Waals surface area contributed by atoms with Gasteiger partial charge in [-0.3, -0.25) is 4.79 Å². The third-order valence-electron chi connectivity index (χ3n) is 2.65. The Labute approximate surface area is 106 Å². The molecule has 4 nitrogen and oxygen atoms in total. The Bertz CT molecular complexity index is 409. The number of nitrogens with one attached hydrogen (secondary N) is 1. The quantitative estimate of drug-likeness (QED) is 0.813. The van der Waals surface area contributed by atoms with Gasteiger partial charge in [-0.15, -0.1) is 0 Å². The van der Waals surface area contributed by atoms with E-state index in [0.717, 1.165) is 0 Å². The highest BCUT2D eigenvalue weighted by molar-refractivity contribution is 5.94. The Morgan fingerprint density at radius 2 is 2.28 bits per heavy atom. The number of ether oxygens (including phenoxy) is 1. The van der Waals surface area contributed by atoms with Crippen LogP contribution in [0.2, 0.25) is 0 Å². The molecule has 0 fully saturated rings. The standard InChI is InChI=1S/C13H18FNO3/c1-3-10(16)6-7-15-13(17)9-4-5-11(14)12(8-9)18-2/h4-5,8,10,16H,3,6-7H2,1-2H3,(H,15,17). The molecule has 2 N–H and O–H groups in total. The fraction of sp³-hybridized carbons (Fsp3) is 0.462. The summed E-state index contributed by atoms with van der Waals surface area (Å²) in [6.45, 7) is 2.25. The van der Waals surface area contributed by atoms with E-state index in [4.69, 9.17) is 4.74 Å². The lowest BCUT2D eigenvalue weighted by Crippen LogP contribution is -2.27. The number of aliphatic hydroxyl groups excluding tert-OH is 1. The summed E-state index contributed by atoms with van der Waals surface area (Å²) in [6, 6.07) is 3.93. The second-order valence-corrected chi connectivity index (χ2v) is 3.96. The summed E-state index contributed by atoms with van der Waals surface area (Å²) in [5, 5.41) is 12.0. The third-order valence-corrected chi connectivity index (χ3v) is 2.65. The third kappa shape index (κ3) is 4.00. The maximum Gasteiger partial charge on any atom is 0.251 e. The van der Waals surface area contributed by atoms with Crippen LogP contribution in [-0.2, 0) is 0 Å². The number of benzene rings is 1. The predicted octanol–water partition coefficient (Wildman–Crippen LogP) is 1.73. The molecule has 1 unspecified atom stereocenters. The number of carbonyl (C=O) groups excluding carboxylic acids is 1. The summed E-state index contributed by atoms with van der Waals surface area (Å²) in [5.74, 6) is -0.775. The number of methoxy groups -OCH3 is 1. The molecule has 0 aliphatic rings. The monoisotopic (exact) mass is 255 g/mol. The molecule has 1 rings (SSSR count). The first-order valence-corrected chi connectivity index (χ1v) is 5.88. The van der Waals surface area contributed by atoms with Crippen LogP contribution < -0.4 is 10.1 Å². The average Bonchev–Trinajstić information content (AvgIpc) is 2.38. The van der Waals surface area contributed by atoms with Gasteiger partial charge in [0.25, 0.3) is 5.91 Å². The molecule has 0 aliphatic carbocycles. The summed E-state index contributed by atoms with van der Waals surface area (Å²) in [6.07, 6.45) is 0.744. The zero-order valence-electron chi connectivity index (χ0n) is 10.6. The van der Waals surface area contributed by atoms with Crippen molar-refractivity contribution in [3.05, 3.63) is 29.6 Å².